The predicted molar refractivity (Wildman–Crippen MR) is 144 cm³/mol. The number of rotatable bonds is 9. The van der Waals surface area contributed by atoms with Crippen LogP contribution >= 0.6 is 11.9 Å². The number of phenols is 1. The molecule has 3 N–H and O–H groups in total. The van der Waals surface area contributed by atoms with Gasteiger partial charge in [0.25, 0.3) is 0 Å². The number of nitrogens with one attached hydrogen (secondary N) is 2. The lowest BCUT2D eigenvalue weighted by Crippen LogP contribution is -2.27. The van der Waals surface area contributed by atoms with Crippen LogP contribution in [0.3, 0.4) is 0 Å². The van der Waals surface area contributed by atoms with Gasteiger partial charge in [-0.25, -0.2) is 9.97 Å². The Morgan fingerprint density at radius 2 is 1.82 bits per heavy atom. The van der Waals surface area contributed by atoms with Crippen LogP contribution in [0.25, 0.3) is 12.2 Å². The molecule has 0 spiro atoms. The van der Waals surface area contributed by atoms with Gasteiger partial charge in [-0.15, -0.1) is 0 Å². The fraction of sp³-hybridized carbons (Fsp3) is 0.333. The van der Waals surface area contributed by atoms with Gasteiger partial charge in [0.2, 0.25) is 5.95 Å². The summed E-state index contributed by atoms with van der Waals surface area (Å²) in [5, 5.41) is 12.8. The van der Waals surface area contributed by atoms with Crippen molar-refractivity contribution in [3.63, 3.8) is 0 Å². The minimum Gasteiger partial charge on any atom is -0.508 e. The molecule has 4 rings (SSSR count). The maximum absolute atomic E-state index is 9.58. The van der Waals surface area contributed by atoms with Gasteiger partial charge in [0.05, 0.1) is 5.69 Å². The van der Waals surface area contributed by atoms with Crippen molar-refractivity contribution in [1.29, 1.82) is 0 Å². The van der Waals surface area contributed by atoms with Gasteiger partial charge in [0.1, 0.15) is 5.75 Å². The summed E-state index contributed by atoms with van der Waals surface area (Å²) >= 11 is 1.67. The molecule has 0 aliphatic carbocycles. The molecule has 0 radical (unpaired) electrons. The van der Waals surface area contributed by atoms with Gasteiger partial charge in [-0.3, -0.25) is 4.72 Å². The molecular weight excluding hydrogens is 442 g/mol. The predicted octanol–water partition coefficient (Wildman–Crippen LogP) is 6.12. The quantitative estimate of drug-likeness (QED) is 0.253. The van der Waals surface area contributed by atoms with E-state index in [0.29, 0.717) is 5.95 Å². The number of aromatic nitrogens is 2. The van der Waals surface area contributed by atoms with Crippen LogP contribution in [0.1, 0.15) is 43.5 Å². The van der Waals surface area contributed by atoms with Crippen molar-refractivity contribution in [2.45, 2.75) is 38.5 Å². The number of nitrogens with zero attached hydrogens (tertiary/aromatic N) is 3. The van der Waals surface area contributed by atoms with Crippen LogP contribution in [0, 0.1) is 6.92 Å². The average molecular weight is 478 g/mol. The average Bonchev–Trinajstić information content (AvgIpc) is 3.37. The number of hydrogen-bond donors (Lipinski definition) is 3. The topological polar surface area (TPSA) is 73.3 Å². The Hall–Kier alpha value is -2.87. The second kappa shape index (κ2) is 13.7. The molecule has 1 aromatic heterocycles. The monoisotopic (exact) mass is 477 g/mol. The zero-order valence-corrected chi connectivity index (χ0v) is 21.1. The number of anilines is 2. The summed E-state index contributed by atoms with van der Waals surface area (Å²) < 4.78 is 3.45. The number of hydrogen-bond acceptors (Lipinski definition) is 7. The molecule has 2 heterocycles. The molecule has 180 valence electrons. The molecule has 6 nitrogen and oxygen atoms in total. The summed E-state index contributed by atoms with van der Waals surface area (Å²) in [5.41, 5.74) is 3.70. The third kappa shape index (κ3) is 8.17. The molecule has 34 heavy (non-hydrogen) atoms. The highest BCUT2D eigenvalue weighted by Crippen LogP contribution is 2.21. The van der Waals surface area contributed by atoms with Crippen LogP contribution in [0.15, 0.2) is 59.6 Å². The lowest BCUT2D eigenvalue weighted by molar-refractivity contribution is 0.345. The van der Waals surface area contributed by atoms with Crippen LogP contribution in [-0.4, -0.2) is 46.2 Å². The van der Waals surface area contributed by atoms with E-state index in [4.69, 9.17) is 0 Å². The molecule has 7 heteroatoms. The van der Waals surface area contributed by atoms with Crippen molar-refractivity contribution in [3.05, 3.63) is 71.5 Å². The summed E-state index contributed by atoms with van der Waals surface area (Å²) in [5.74, 6) is 0.822. The minimum absolute atomic E-state index is 0.252. The summed E-state index contributed by atoms with van der Waals surface area (Å²) in [6.45, 7) is 10.5. The highest BCUT2D eigenvalue weighted by atomic mass is 32.2. The fourth-order valence-corrected chi connectivity index (χ4v) is 4.23. The third-order valence-electron chi connectivity index (χ3n) is 5.37. The Bertz CT molecular complexity index is 1050. The second-order valence-corrected chi connectivity index (χ2v) is 8.82. The third-order valence-corrected chi connectivity index (χ3v) is 6.23. The molecule has 3 aromatic rings. The molecule has 0 atom stereocenters. The molecule has 0 amide bonds. The summed E-state index contributed by atoms with van der Waals surface area (Å²) in [7, 11) is 0. The Labute approximate surface area is 207 Å². The molecule has 1 aliphatic rings. The fourth-order valence-electron chi connectivity index (χ4n) is 3.59. The smallest absolute Gasteiger partial charge is 0.227 e. The van der Waals surface area contributed by atoms with Crippen molar-refractivity contribution in [3.8, 4) is 5.75 Å². The molecule has 1 aliphatic heterocycles. The first-order valence-electron chi connectivity index (χ1n) is 12.0. The van der Waals surface area contributed by atoms with Gasteiger partial charge >= 0.3 is 0 Å². The minimum atomic E-state index is 0.252. The van der Waals surface area contributed by atoms with Crippen molar-refractivity contribution in [1.82, 2.24) is 19.6 Å². The van der Waals surface area contributed by atoms with Gasteiger partial charge in [-0.1, -0.05) is 38.1 Å². The van der Waals surface area contributed by atoms with E-state index in [2.05, 4.69) is 37.0 Å². The van der Waals surface area contributed by atoms with E-state index in [9.17, 15) is 5.11 Å². The van der Waals surface area contributed by atoms with Gasteiger partial charge in [-0.2, -0.15) is 0 Å². The van der Waals surface area contributed by atoms with Crippen LogP contribution < -0.4 is 10.0 Å². The number of aromatic hydroxyl groups is 1. The largest absolute Gasteiger partial charge is 0.508 e. The molecular formula is C27H35N5OS. The molecule has 1 saturated heterocycles. The van der Waals surface area contributed by atoms with Crippen LogP contribution in [-0.2, 0) is 0 Å². The van der Waals surface area contributed by atoms with Crippen LogP contribution in [0.5, 0.6) is 5.75 Å². The molecule has 0 unspecified atom stereocenters. The first-order chi connectivity index (χ1) is 16.7. The van der Waals surface area contributed by atoms with E-state index >= 15 is 0 Å². The summed E-state index contributed by atoms with van der Waals surface area (Å²) in [6.07, 6.45) is 8.37. The lowest BCUT2D eigenvalue weighted by Gasteiger charge is -2.14. The van der Waals surface area contributed by atoms with Crippen molar-refractivity contribution < 1.29 is 5.11 Å². The molecule has 2 aromatic carbocycles. The molecule has 0 bridgehead atoms. The van der Waals surface area contributed by atoms with Crippen molar-refractivity contribution in [2.75, 3.05) is 31.5 Å². The van der Waals surface area contributed by atoms with E-state index in [0.717, 1.165) is 35.6 Å². The Kier molecular flexibility index (Phi) is 10.4. The zero-order valence-electron chi connectivity index (χ0n) is 20.3. The Balaban J connectivity index is 0.00000158. The molecule has 0 saturated carbocycles. The van der Waals surface area contributed by atoms with Crippen molar-refractivity contribution in [2.24, 2.45) is 0 Å². The maximum atomic E-state index is 9.58. The summed E-state index contributed by atoms with van der Waals surface area (Å²) in [6, 6.07) is 15.4. The number of benzene rings is 2. The maximum Gasteiger partial charge on any atom is 0.227 e. The standard InChI is InChI=1S/C25H29N5OS.C2H6/c1-19-21(8-7-20-5-4-6-23(31)17-20)18-26-25(28-19)29-22-9-11-24(12-10-22)32-27-13-16-30-14-2-3-15-30;1-2/h4-12,17-18,27,31H,2-3,13-16H2,1H3,(H,26,28,29);1-2H3/b8-7+;. The normalized spacial score (nSPS) is 13.6. The van der Waals surface area contributed by atoms with E-state index in [1.165, 1.54) is 30.8 Å². The van der Waals surface area contributed by atoms with Crippen LogP contribution in [0.2, 0.25) is 0 Å². The molecule has 1 fully saturated rings. The first kappa shape index (κ1) is 25.7. The number of likely N-dealkylation sites (tertiary alicyclic amines) is 1. The number of phenolic OH excluding ortho intramolecular Hbond substituents is 1. The van der Waals surface area contributed by atoms with Crippen molar-refractivity contribution >= 4 is 35.7 Å². The summed E-state index contributed by atoms with van der Waals surface area (Å²) in [4.78, 5) is 12.7. The van der Waals surface area contributed by atoms with Gasteiger partial charge in [-0.05, 0) is 86.8 Å². The van der Waals surface area contributed by atoms with E-state index in [-0.39, 0.29) is 5.75 Å². The first-order valence-corrected chi connectivity index (χ1v) is 12.8. The highest BCUT2D eigenvalue weighted by molar-refractivity contribution is 7.97. The van der Waals surface area contributed by atoms with Gasteiger partial charge in [0.15, 0.2) is 0 Å². The highest BCUT2D eigenvalue weighted by Gasteiger charge is 2.10. The van der Waals surface area contributed by atoms with Gasteiger partial charge in [0, 0.05) is 35.4 Å². The van der Waals surface area contributed by atoms with E-state index in [1.54, 1.807) is 30.3 Å². The SMILES string of the molecule is CC.Cc1nc(Nc2ccc(SNCCN3CCCC3)cc2)ncc1/C=C/c1cccc(O)c1. The Morgan fingerprint density at radius 1 is 1.06 bits per heavy atom. The van der Waals surface area contributed by atoms with Gasteiger partial charge < -0.3 is 15.3 Å². The van der Waals surface area contributed by atoms with E-state index < -0.39 is 0 Å². The zero-order chi connectivity index (χ0) is 24.2. The lowest BCUT2D eigenvalue weighted by atomic mass is 10.1. The van der Waals surface area contributed by atoms with Crippen LogP contribution in [0.4, 0.5) is 11.6 Å². The second-order valence-electron chi connectivity index (χ2n) is 7.86. The Morgan fingerprint density at radius 3 is 2.53 bits per heavy atom. The van der Waals surface area contributed by atoms with E-state index in [1.807, 2.05) is 57.2 Å². The number of aryl methyl sites for hydroxylation is 1.